The first-order chi connectivity index (χ1) is 5.38. The van der Waals surface area contributed by atoms with Crippen LogP contribution in [0.25, 0.3) is 0 Å². The zero-order valence-electron chi connectivity index (χ0n) is 7.42. The highest BCUT2D eigenvalue weighted by molar-refractivity contribution is 4.99. The smallest absolute Gasteiger partial charge is 0.0231 e. The van der Waals surface area contributed by atoms with Crippen LogP contribution in [-0.2, 0) is 0 Å². The van der Waals surface area contributed by atoms with E-state index in [1.807, 2.05) is 0 Å². The van der Waals surface area contributed by atoms with E-state index in [1.54, 1.807) is 0 Å². The van der Waals surface area contributed by atoms with E-state index >= 15 is 0 Å². The molecule has 0 aromatic rings. The molecule has 0 aliphatic heterocycles. The van der Waals surface area contributed by atoms with E-state index in [1.165, 1.54) is 32.1 Å². The summed E-state index contributed by atoms with van der Waals surface area (Å²) in [6.45, 7) is 2.39. The fourth-order valence-corrected chi connectivity index (χ4v) is 2.83. The van der Waals surface area contributed by atoms with E-state index in [2.05, 4.69) is 19.1 Å². The maximum absolute atomic E-state index is 2.42. The van der Waals surface area contributed by atoms with Crippen LogP contribution < -0.4 is 0 Å². The van der Waals surface area contributed by atoms with Gasteiger partial charge in [-0.25, -0.2) is 0 Å². The summed E-state index contributed by atoms with van der Waals surface area (Å²) in [4.78, 5) is 0. The molecule has 0 spiro atoms. The monoisotopic (exact) mass is 150 g/mol. The van der Waals surface area contributed by atoms with Crippen LogP contribution >= 0.6 is 0 Å². The minimum absolute atomic E-state index is 0.869. The van der Waals surface area contributed by atoms with E-state index in [9.17, 15) is 0 Å². The Kier molecular flexibility index (Phi) is 2.02. The topological polar surface area (TPSA) is 0 Å². The number of hydrogen-bond acceptors (Lipinski definition) is 0. The minimum atomic E-state index is 0.869. The quantitative estimate of drug-likeness (QED) is 0.464. The number of hydrogen-bond donors (Lipinski definition) is 0. The molecule has 0 nitrogen and oxygen atoms in total. The van der Waals surface area contributed by atoms with Gasteiger partial charge in [-0.15, -0.1) is 0 Å². The molecule has 0 bridgehead atoms. The van der Waals surface area contributed by atoms with Gasteiger partial charge >= 0.3 is 0 Å². The number of allylic oxidation sites excluding steroid dienone is 2. The van der Waals surface area contributed by atoms with Crippen LogP contribution in [0.3, 0.4) is 0 Å². The first-order valence-electron chi connectivity index (χ1n) is 5.04. The Morgan fingerprint density at radius 3 is 2.82 bits per heavy atom. The SMILES string of the molecule is CC1C=CCC2CCCCC12. The highest BCUT2D eigenvalue weighted by atomic mass is 14.3. The van der Waals surface area contributed by atoms with Crippen LogP contribution in [0.15, 0.2) is 12.2 Å². The van der Waals surface area contributed by atoms with E-state index in [0.29, 0.717) is 0 Å². The lowest BCUT2D eigenvalue weighted by molar-refractivity contribution is 0.185. The summed E-state index contributed by atoms with van der Waals surface area (Å²) >= 11 is 0. The van der Waals surface area contributed by atoms with E-state index in [0.717, 1.165) is 17.8 Å². The molecule has 2 aliphatic rings. The van der Waals surface area contributed by atoms with Crippen molar-refractivity contribution in [3.8, 4) is 0 Å². The van der Waals surface area contributed by atoms with E-state index in [-0.39, 0.29) is 0 Å². The van der Waals surface area contributed by atoms with Gasteiger partial charge in [-0.1, -0.05) is 31.9 Å². The third-order valence-corrected chi connectivity index (χ3v) is 3.52. The van der Waals surface area contributed by atoms with Crippen molar-refractivity contribution in [1.82, 2.24) is 0 Å². The van der Waals surface area contributed by atoms with Gasteiger partial charge in [0, 0.05) is 0 Å². The van der Waals surface area contributed by atoms with Crippen molar-refractivity contribution in [2.24, 2.45) is 17.8 Å². The van der Waals surface area contributed by atoms with Gasteiger partial charge in [0.15, 0.2) is 0 Å². The van der Waals surface area contributed by atoms with Gasteiger partial charge in [0.25, 0.3) is 0 Å². The van der Waals surface area contributed by atoms with Gasteiger partial charge < -0.3 is 0 Å². The van der Waals surface area contributed by atoms with Gasteiger partial charge in [-0.3, -0.25) is 0 Å². The molecule has 0 heteroatoms. The molecular formula is C11H18. The summed E-state index contributed by atoms with van der Waals surface area (Å²) in [5, 5.41) is 0. The first kappa shape index (κ1) is 7.39. The van der Waals surface area contributed by atoms with Crippen LogP contribution in [0.4, 0.5) is 0 Å². The lowest BCUT2D eigenvalue weighted by Crippen LogP contribution is -2.26. The molecule has 0 aromatic heterocycles. The van der Waals surface area contributed by atoms with Crippen molar-refractivity contribution >= 4 is 0 Å². The highest BCUT2D eigenvalue weighted by Gasteiger charge is 2.29. The van der Waals surface area contributed by atoms with E-state index < -0.39 is 0 Å². The van der Waals surface area contributed by atoms with Crippen molar-refractivity contribution in [2.75, 3.05) is 0 Å². The second kappa shape index (κ2) is 3.00. The first-order valence-corrected chi connectivity index (χ1v) is 5.04. The molecule has 2 rings (SSSR count). The maximum Gasteiger partial charge on any atom is -0.0231 e. The summed E-state index contributed by atoms with van der Waals surface area (Å²) in [7, 11) is 0. The Morgan fingerprint density at radius 2 is 2.00 bits per heavy atom. The molecule has 0 heterocycles. The van der Waals surface area contributed by atoms with Crippen molar-refractivity contribution in [1.29, 1.82) is 0 Å². The normalized spacial score (nSPS) is 43.5. The highest BCUT2D eigenvalue weighted by Crippen LogP contribution is 2.40. The lowest BCUT2D eigenvalue weighted by atomic mass is 9.69. The summed E-state index contributed by atoms with van der Waals surface area (Å²) < 4.78 is 0. The Balaban J connectivity index is 2.08. The third-order valence-electron chi connectivity index (χ3n) is 3.52. The van der Waals surface area contributed by atoms with Gasteiger partial charge in [-0.2, -0.15) is 0 Å². The van der Waals surface area contributed by atoms with Crippen LogP contribution in [0.2, 0.25) is 0 Å². The van der Waals surface area contributed by atoms with Gasteiger partial charge in [0.05, 0.1) is 0 Å². The molecule has 62 valence electrons. The van der Waals surface area contributed by atoms with Gasteiger partial charge in [0.1, 0.15) is 0 Å². The molecule has 0 aromatic carbocycles. The molecule has 3 atom stereocenters. The molecular weight excluding hydrogens is 132 g/mol. The van der Waals surface area contributed by atoms with Gasteiger partial charge in [0.2, 0.25) is 0 Å². The molecule has 2 aliphatic carbocycles. The predicted octanol–water partition coefficient (Wildman–Crippen LogP) is 3.39. The van der Waals surface area contributed by atoms with Crippen molar-refractivity contribution in [3.63, 3.8) is 0 Å². The number of fused-ring (bicyclic) bond motifs is 1. The Labute approximate surface area is 69.7 Å². The molecule has 1 fully saturated rings. The predicted molar refractivity (Wildman–Crippen MR) is 48.4 cm³/mol. The van der Waals surface area contributed by atoms with Crippen LogP contribution in [0, 0.1) is 17.8 Å². The Morgan fingerprint density at radius 1 is 1.18 bits per heavy atom. The summed E-state index contributed by atoms with van der Waals surface area (Å²) in [6.07, 6.45) is 12.2. The average molecular weight is 150 g/mol. The average Bonchev–Trinajstić information content (AvgIpc) is 2.06. The summed E-state index contributed by atoms with van der Waals surface area (Å²) in [6, 6.07) is 0. The summed E-state index contributed by atoms with van der Waals surface area (Å²) in [5.74, 6) is 2.95. The van der Waals surface area contributed by atoms with Crippen molar-refractivity contribution in [3.05, 3.63) is 12.2 Å². The van der Waals surface area contributed by atoms with Crippen molar-refractivity contribution in [2.45, 2.75) is 39.0 Å². The fraction of sp³-hybridized carbons (Fsp3) is 0.818. The molecule has 3 unspecified atom stereocenters. The maximum atomic E-state index is 2.42. The molecule has 0 amide bonds. The Bertz CT molecular complexity index is 157. The molecule has 0 N–H and O–H groups in total. The van der Waals surface area contributed by atoms with Gasteiger partial charge in [-0.05, 0) is 37.0 Å². The van der Waals surface area contributed by atoms with Crippen LogP contribution in [0.1, 0.15) is 39.0 Å². The zero-order valence-corrected chi connectivity index (χ0v) is 7.42. The molecule has 1 saturated carbocycles. The van der Waals surface area contributed by atoms with Crippen LogP contribution in [0.5, 0.6) is 0 Å². The van der Waals surface area contributed by atoms with Crippen molar-refractivity contribution < 1.29 is 0 Å². The standard InChI is InChI=1S/C11H18/c1-9-5-4-7-10-6-2-3-8-11(9)10/h4-5,9-11H,2-3,6-8H2,1H3. The second-order valence-electron chi connectivity index (χ2n) is 4.23. The Hall–Kier alpha value is -0.260. The van der Waals surface area contributed by atoms with E-state index in [4.69, 9.17) is 0 Å². The zero-order chi connectivity index (χ0) is 7.68. The lowest BCUT2D eigenvalue weighted by Gasteiger charge is -2.36. The largest absolute Gasteiger partial charge is 0.0880 e. The molecule has 0 radical (unpaired) electrons. The summed E-state index contributed by atoms with van der Waals surface area (Å²) in [5.41, 5.74) is 0. The third kappa shape index (κ3) is 1.36. The van der Waals surface area contributed by atoms with Crippen LogP contribution in [-0.4, -0.2) is 0 Å². The number of rotatable bonds is 0. The molecule has 0 saturated heterocycles. The molecule has 11 heavy (non-hydrogen) atoms. The second-order valence-corrected chi connectivity index (χ2v) is 4.23. The fourth-order valence-electron chi connectivity index (χ4n) is 2.83. The minimum Gasteiger partial charge on any atom is -0.0880 e.